The van der Waals surface area contributed by atoms with Crippen LogP contribution in [0.3, 0.4) is 0 Å². The average molecular weight is 184 g/mol. The Balaban J connectivity index is 0.000000251. The molecule has 2 aliphatic carbocycles. The van der Waals surface area contributed by atoms with Crippen molar-refractivity contribution in [1.29, 1.82) is 0 Å². The SMILES string of the molecule is CCC.COC1C2CCC(C2)C1C. The highest BCUT2D eigenvalue weighted by Crippen LogP contribution is 2.49. The molecule has 0 amide bonds. The lowest BCUT2D eigenvalue weighted by Gasteiger charge is -2.26. The van der Waals surface area contributed by atoms with Crippen LogP contribution in [0.4, 0.5) is 0 Å². The Morgan fingerprint density at radius 2 is 1.69 bits per heavy atom. The molecule has 0 radical (unpaired) electrons. The zero-order chi connectivity index (χ0) is 9.84. The third-order valence-corrected chi connectivity index (χ3v) is 3.51. The van der Waals surface area contributed by atoms with Crippen LogP contribution in [-0.4, -0.2) is 13.2 Å². The minimum atomic E-state index is 0.596. The summed E-state index contributed by atoms with van der Waals surface area (Å²) < 4.78 is 5.46. The molecule has 0 aliphatic heterocycles. The Morgan fingerprint density at radius 3 is 2.00 bits per heavy atom. The van der Waals surface area contributed by atoms with Crippen molar-refractivity contribution in [1.82, 2.24) is 0 Å². The second-order valence-electron chi connectivity index (χ2n) is 4.60. The lowest BCUT2D eigenvalue weighted by atomic mass is 9.88. The van der Waals surface area contributed by atoms with E-state index in [1.807, 2.05) is 7.11 Å². The minimum absolute atomic E-state index is 0.596. The highest BCUT2D eigenvalue weighted by Gasteiger charge is 2.45. The van der Waals surface area contributed by atoms with Crippen molar-refractivity contribution in [2.45, 2.75) is 52.6 Å². The van der Waals surface area contributed by atoms with E-state index in [9.17, 15) is 0 Å². The summed E-state index contributed by atoms with van der Waals surface area (Å²) in [6, 6.07) is 0. The quantitative estimate of drug-likeness (QED) is 0.606. The molecule has 2 saturated carbocycles. The van der Waals surface area contributed by atoms with Crippen LogP contribution in [0.25, 0.3) is 0 Å². The maximum absolute atomic E-state index is 5.46. The van der Waals surface area contributed by atoms with Gasteiger partial charge in [-0.3, -0.25) is 0 Å². The Morgan fingerprint density at radius 1 is 1.15 bits per heavy atom. The number of methoxy groups -OCH3 is 1. The van der Waals surface area contributed by atoms with Gasteiger partial charge in [-0.1, -0.05) is 27.2 Å². The highest BCUT2D eigenvalue weighted by molar-refractivity contribution is 4.95. The van der Waals surface area contributed by atoms with Crippen LogP contribution in [0, 0.1) is 17.8 Å². The molecule has 2 bridgehead atoms. The van der Waals surface area contributed by atoms with E-state index in [2.05, 4.69) is 20.8 Å². The number of hydrogen-bond acceptors (Lipinski definition) is 1. The molecule has 4 unspecified atom stereocenters. The average Bonchev–Trinajstić information content (AvgIpc) is 2.65. The smallest absolute Gasteiger partial charge is 0.0627 e. The van der Waals surface area contributed by atoms with Crippen LogP contribution in [-0.2, 0) is 4.74 Å². The van der Waals surface area contributed by atoms with Crippen molar-refractivity contribution >= 4 is 0 Å². The van der Waals surface area contributed by atoms with Crippen molar-refractivity contribution in [3.8, 4) is 0 Å². The predicted molar refractivity (Wildman–Crippen MR) is 56.8 cm³/mol. The third-order valence-electron chi connectivity index (χ3n) is 3.51. The number of ether oxygens (including phenoxy) is 1. The maximum Gasteiger partial charge on any atom is 0.0627 e. The number of rotatable bonds is 1. The van der Waals surface area contributed by atoms with E-state index in [4.69, 9.17) is 4.74 Å². The second kappa shape index (κ2) is 4.99. The summed E-state index contributed by atoms with van der Waals surface area (Å²) in [6.45, 7) is 6.60. The van der Waals surface area contributed by atoms with Gasteiger partial charge in [-0.25, -0.2) is 0 Å². The first-order chi connectivity index (χ1) is 6.24. The summed E-state index contributed by atoms with van der Waals surface area (Å²) in [4.78, 5) is 0. The van der Waals surface area contributed by atoms with Crippen LogP contribution in [0.2, 0.25) is 0 Å². The minimum Gasteiger partial charge on any atom is -0.381 e. The van der Waals surface area contributed by atoms with Gasteiger partial charge in [0.2, 0.25) is 0 Å². The van der Waals surface area contributed by atoms with E-state index in [1.54, 1.807) is 0 Å². The van der Waals surface area contributed by atoms with Gasteiger partial charge in [0, 0.05) is 7.11 Å². The predicted octanol–water partition coefficient (Wildman–Crippen LogP) is 3.48. The topological polar surface area (TPSA) is 9.23 Å². The summed E-state index contributed by atoms with van der Waals surface area (Å²) in [6.07, 6.45) is 6.18. The van der Waals surface area contributed by atoms with Crippen molar-refractivity contribution < 1.29 is 4.74 Å². The number of hydrogen-bond donors (Lipinski definition) is 0. The molecule has 0 saturated heterocycles. The first-order valence-electron chi connectivity index (χ1n) is 5.77. The molecule has 0 N–H and O–H groups in total. The van der Waals surface area contributed by atoms with Crippen molar-refractivity contribution in [3.63, 3.8) is 0 Å². The molecule has 1 heteroatoms. The normalized spacial score (nSPS) is 41.5. The summed E-state index contributed by atoms with van der Waals surface area (Å²) >= 11 is 0. The van der Waals surface area contributed by atoms with Gasteiger partial charge in [-0.05, 0) is 37.0 Å². The van der Waals surface area contributed by atoms with Crippen molar-refractivity contribution in [3.05, 3.63) is 0 Å². The van der Waals surface area contributed by atoms with E-state index in [1.165, 1.54) is 25.7 Å². The van der Waals surface area contributed by atoms with Crippen LogP contribution >= 0.6 is 0 Å². The highest BCUT2D eigenvalue weighted by atomic mass is 16.5. The molecule has 0 heterocycles. The molecule has 2 fully saturated rings. The zero-order valence-electron chi connectivity index (χ0n) is 9.55. The van der Waals surface area contributed by atoms with Crippen LogP contribution in [0.5, 0.6) is 0 Å². The van der Waals surface area contributed by atoms with Gasteiger partial charge in [0.05, 0.1) is 6.10 Å². The summed E-state index contributed by atoms with van der Waals surface area (Å²) in [5, 5.41) is 0. The van der Waals surface area contributed by atoms with Crippen molar-refractivity contribution in [2.75, 3.05) is 7.11 Å². The molecule has 13 heavy (non-hydrogen) atoms. The second-order valence-corrected chi connectivity index (χ2v) is 4.60. The van der Waals surface area contributed by atoms with Gasteiger partial charge in [-0.15, -0.1) is 0 Å². The fraction of sp³-hybridized carbons (Fsp3) is 1.00. The van der Waals surface area contributed by atoms with Gasteiger partial charge >= 0.3 is 0 Å². The molecule has 0 aromatic rings. The molecular formula is C12H24O. The Bertz CT molecular complexity index is 142. The van der Waals surface area contributed by atoms with E-state index in [0.717, 1.165) is 17.8 Å². The molecular weight excluding hydrogens is 160 g/mol. The van der Waals surface area contributed by atoms with Crippen LogP contribution < -0.4 is 0 Å². The summed E-state index contributed by atoms with van der Waals surface area (Å²) in [5.74, 6) is 2.74. The van der Waals surface area contributed by atoms with Crippen molar-refractivity contribution in [2.24, 2.45) is 17.8 Å². The summed E-state index contributed by atoms with van der Waals surface area (Å²) in [5.41, 5.74) is 0. The number of fused-ring (bicyclic) bond motifs is 2. The Kier molecular flexibility index (Phi) is 4.24. The van der Waals surface area contributed by atoms with Crippen LogP contribution in [0.15, 0.2) is 0 Å². The van der Waals surface area contributed by atoms with Gasteiger partial charge in [0.1, 0.15) is 0 Å². The zero-order valence-corrected chi connectivity index (χ0v) is 9.55. The standard InChI is InChI=1S/C9H16O.C3H8/c1-6-7-3-4-8(5-7)9(6)10-2;1-3-2/h6-9H,3-5H2,1-2H3;3H2,1-2H3. The maximum atomic E-state index is 5.46. The molecule has 1 nitrogen and oxygen atoms in total. The Hall–Kier alpha value is -0.0400. The fourth-order valence-electron chi connectivity index (χ4n) is 2.93. The molecule has 2 aliphatic rings. The molecule has 0 spiro atoms. The molecule has 2 rings (SSSR count). The largest absolute Gasteiger partial charge is 0.381 e. The van der Waals surface area contributed by atoms with E-state index in [-0.39, 0.29) is 0 Å². The molecule has 0 aromatic carbocycles. The van der Waals surface area contributed by atoms with Gasteiger partial charge in [0.25, 0.3) is 0 Å². The first-order valence-corrected chi connectivity index (χ1v) is 5.77. The molecule has 78 valence electrons. The van der Waals surface area contributed by atoms with E-state index >= 15 is 0 Å². The van der Waals surface area contributed by atoms with Gasteiger partial charge in [-0.2, -0.15) is 0 Å². The van der Waals surface area contributed by atoms with E-state index < -0.39 is 0 Å². The molecule has 4 atom stereocenters. The van der Waals surface area contributed by atoms with Crippen LogP contribution in [0.1, 0.15) is 46.5 Å². The monoisotopic (exact) mass is 184 g/mol. The van der Waals surface area contributed by atoms with Gasteiger partial charge < -0.3 is 4.74 Å². The van der Waals surface area contributed by atoms with Gasteiger partial charge in [0.15, 0.2) is 0 Å². The fourth-order valence-corrected chi connectivity index (χ4v) is 2.93. The Labute approximate surface area is 82.9 Å². The molecule has 0 aromatic heterocycles. The lowest BCUT2D eigenvalue weighted by Crippen LogP contribution is -2.26. The first kappa shape index (κ1) is 11.0. The summed E-state index contributed by atoms with van der Waals surface area (Å²) in [7, 11) is 1.86. The lowest BCUT2D eigenvalue weighted by molar-refractivity contribution is 0.0209. The van der Waals surface area contributed by atoms with E-state index in [0.29, 0.717) is 6.10 Å². The third kappa shape index (κ3) is 2.25.